The van der Waals surface area contributed by atoms with Gasteiger partial charge >= 0.3 is 5.97 Å². The highest BCUT2D eigenvalue weighted by Crippen LogP contribution is 2.18. The first-order chi connectivity index (χ1) is 18.1. The Bertz CT molecular complexity index is 1190. The fourth-order valence-electron chi connectivity index (χ4n) is 3.21. The molecule has 0 heterocycles. The predicted octanol–water partition coefficient (Wildman–Crippen LogP) is 5.16. The van der Waals surface area contributed by atoms with Crippen LogP contribution in [0.25, 0.3) is 0 Å². The topological polar surface area (TPSA) is 87.9 Å². The van der Waals surface area contributed by atoms with Crippen molar-refractivity contribution in [3.05, 3.63) is 108 Å². The van der Waals surface area contributed by atoms with E-state index < -0.39 is 5.97 Å². The second-order valence-electron chi connectivity index (χ2n) is 7.71. The SMILES string of the molecule is C=CCO/N=C(\CC(=O)OC)c1ccc(OCc2ccc(OC/C(=N\OC)c3ccccc3)cc2)cc1. The lowest BCUT2D eigenvalue weighted by Crippen LogP contribution is -2.13. The predicted molar refractivity (Wildman–Crippen MR) is 142 cm³/mol. The third-order valence-electron chi connectivity index (χ3n) is 5.11. The normalized spacial score (nSPS) is 11.4. The van der Waals surface area contributed by atoms with E-state index in [2.05, 4.69) is 16.9 Å². The Hall–Kier alpha value is -4.59. The maximum Gasteiger partial charge on any atom is 0.311 e. The van der Waals surface area contributed by atoms with Crippen molar-refractivity contribution in [3.63, 3.8) is 0 Å². The highest BCUT2D eigenvalue weighted by Gasteiger charge is 2.12. The van der Waals surface area contributed by atoms with E-state index in [1.165, 1.54) is 14.2 Å². The lowest BCUT2D eigenvalue weighted by Gasteiger charge is -2.11. The molecule has 8 heteroatoms. The highest BCUT2D eigenvalue weighted by molar-refractivity contribution is 6.09. The molecule has 0 aromatic heterocycles. The minimum Gasteiger partial charge on any atom is -0.489 e. The van der Waals surface area contributed by atoms with E-state index in [4.69, 9.17) is 23.9 Å². The van der Waals surface area contributed by atoms with E-state index >= 15 is 0 Å². The van der Waals surface area contributed by atoms with Gasteiger partial charge in [-0.1, -0.05) is 65.4 Å². The molecule has 0 atom stereocenters. The number of carbonyl (C=O) groups excluding carboxylic acids is 1. The maximum absolute atomic E-state index is 11.7. The van der Waals surface area contributed by atoms with Crippen LogP contribution in [-0.4, -0.2) is 44.8 Å². The smallest absolute Gasteiger partial charge is 0.311 e. The zero-order valence-electron chi connectivity index (χ0n) is 21.0. The Morgan fingerprint density at radius 3 is 2.11 bits per heavy atom. The standard InChI is InChI=1S/C29H30N2O6/c1-4-18-37-31-27(19-29(32)33-2)24-12-16-26(17-13-24)35-20-22-10-14-25(15-11-22)36-21-28(30-34-3)23-8-6-5-7-9-23/h4-17H,1,18-21H2,2-3H3/b30-28+,31-27+. The summed E-state index contributed by atoms with van der Waals surface area (Å²) in [6.45, 7) is 4.48. The summed E-state index contributed by atoms with van der Waals surface area (Å²) in [4.78, 5) is 21.8. The van der Waals surface area contributed by atoms with E-state index in [0.29, 0.717) is 29.5 Å². The van der Waals surface area contributed by atoms with Gasteiger partial charge in [0.05, 0.1) is 19.2 Å². The van der Waals surface area contributed by atoms with Crippen LogP contribution in [0.5, 0.6) is 11.5 Å². The molecule has 0 aliphatic carbocycles. The summed E-state index contributed by atoms with van der Waals surface area (Å²) < 4.78 is 16.5. The van der Waals surface area contributed by atoms with Crippen LogP contribution in [-0.2, 0) is 25.8 Å². The number of methoxy groups -OCH3 is 1. The van der Waals surface area contributed by atoms with Crippen molar-refractivity contribution < 1.29 is 28.7 Å². The molecule has 0 aliphatic heterocycles. The van der Waals surface area contributed by atoms with Gasteiger partial charge in [0, 0.05) is 11.1 Å². The van der Waals surface area contributed by atoms with E-state index in [9.17, 15) is 4.79 Å². The summed E-state index contributed by atoms with van der Waals surface area (Å²) in [5.41, 5.74) is 3.81. The quantitative estimate of drug-likeness (QED) is 0.0994. The van der Waals surface area contributed by atoms with Crippen LogP contribution < -0.4 is 9.47 Å². The van der Waals surface area contributed by atoms with Gasteiger partial charge < -0.3 is 23.9 Å². The Morgan fingerprint density at radius 1 is 0.811 bits per heavy atom. The lowest BCUT2D eigenvalue weighted by molar-refractivity contribution is -0.139. The molecule has 0 saturated carbocycles. The number of nitrogens with zero attached hydrogens (tertiary/aromatic N) is 2. The van der Waals surface area contributed by atoms with Crippen molar-refractivity contribution in [2.45, 2.75) is 13.0 Å². The van der Waals surface area contributed by atoms with Crippen LogP contribution >= 0.6 is 0 Å². The minimum absolute atomic E-state index is 0.00751. The van der Waals surface area contributed by atoms with Crippen molar-refractivity contribution in [3.8, 4) is 11.5 Å². The van der Waals surface area contributed by atoms with Crippen LogP contribution in [0.3, 0.4) is 0 Å². The van der Waals surface area contributed by atoms with Gasteiger partial charge in [0.25, 0.3) is 0 Å². The summed E-state index contributed by atoms with van der Waals surface area (Å²) in [6.07, 6.45) is 1.57. The average Bonchev–Trinajstić information content (AvgIpc) is 2.95. The molecule has 3 aromatic rings. The van der Waals surface area contributed by atoms with Gasteiger partial charge in [-0.25, -0.2) is 0 Å². The second-order valence-corrected chi connectivity index (χ2v) is 7.71. The molecule has 0 N–H and O–H groups in total. The van der Waals surface area contributed by atoms with Gasteiger partial charge in [0.15, 0.2) is 0 Å². The largest absolute Gasteiger partial charge is 0.489 e. The first kappa shape index (κ1) is 27.0. The summed E-state index contributed by atoms with van der Waals surface area (Å²) >= 11 is 0. The molecule has 37 heavy (non-hydrogen) atoms. The van der Waals surface area contributed by atoms with Crippen LogP contribution in [0.4, 0.5) is 0 Å². The zero-order valence-corrected chi connectivity index (χ0v) is 21.0. The molecule has 3 rings (SSSR count). The Kier molecular flexibility index (Phi) is 10.7. The summed E-state index contributed by atoms with van der Waals surface area (Å²) in [5.74, 6) is 0.983. The summed E-state index contributed by atoms with van der Waals surface area (Å²) in [5, 5.41) is 8.11. The molecule has 0 amide bonds. The van der Waals surface area contributed by atoms with Gasteiger partial charge in [-0.2, -0.15) is 0 Å². The molecule has 0 radical (unpaired) electrons. The van der Waals surface area contributed by atoms with Crippen LogP contribution in [0.1, 0.15) is 23.1 Å². The Labute approximate surface area is 216 Å². The van der Waals surface area contributed by atoms with Gasteiger partial charge in [0.1, 0.15) is 44.1 Å². The molecular formula is C29H30N2O6. The third-order valence-corrected chi connectivity index (χ3v) is 5.11. The van der Waals surface area contributed by atoms with Crippen molar-refractivity contribution in [1.29, 1.82) is 0 Å². The summed E-state index contributed by atoms with van der Waals surface area (Å²) in [7, 11) is 2.84. The first-order valence-corrected chi connectivity index (χ1v) is 11.6. The fraction of sp³-hybridized carbons (Fsp3) is 0.207. The van der Waals surface area contributed by atoms with Crippen molar-refractivity contribution >= 4 is 17.4 Å². The van der Waals surface area contributed by atoms with E-state index in [0.717, 1.165) is 16.7 Å². The molecule has 0 spiro atoms. The van der Waals surface area contributed by atoms with Gasteiger partial charge in [-0.3, -0.25) is 4.79 Å². The number of oxime groups is 2. The highest BCUT2D eigenvalue weighted by atomic mass is 16.6. The molecule has 8 nitrogen and oxygen atoms in total. The molecule has 0 aliphatic rings. The van der Waals surface area contributed by atoms with Crippen molar-refractivity contribution in [1.82, 2.24) is 0 Å². The minimum atomic E-state index is -0.407. The molecule has 3 aromatic carbocycles. The average molecular weight is 503 g/mol. The molecule has 0 saturated heterocycles. The molecule has 0 bridgehead atoms. The number of rotatable bonds is 14. The zero-order chi connectivity index (χ0) is 26.3. The van der Waals surface area contributed by atoms with Crippen LogP contribution in [0.2, 0.25) is 0 Å². The fourth-order valence-corrected chi connectivity index (χ4v) is 3.21. The van der Waals surface area contributed by atoms with E-state index in [1.807, 2.05) is 78.9 Å². The molecular weight excluding hydrogens is 472 g/mol. The van der Waals surface area contributed by atoms with Crippen LogP contribution in [0, 0.1) is 0 Å². The maximum atomic E-state index is 11.7. The van der Waals surface area contributed by atoms with Gasteiger partial charge in [-0.15, -0.1) is 0 Å². The number of hydrogen-bond donors (Lipinski definition) is 0. The van der Waals surface area contributed by atoms with Crippen molar-refractivity contribution in [2.75, 3.05) is 27.4 Å². The number of esters is 1. The monoisotopic (exact) mass is 502 g/mol. The van der Waals surface area contributed by atoms with E-state index in [1.54, 1.807) is 6.08 Å². The number of benzene rings is 3. The number of hydrogen-bond acceptors (Lipinski definition) is 8. The summed E-state index contributed by atoms with van der Waals surface area (Å²) in [6, 6.07) is 24.7. The van der Waals surface area contributed by atoms with Crippen molar-refractivity contribution in [2.24, 2.45) is 10.3 Å². The lowest BCUT2D eigenvalue weighted by atomic mass is 10.1. The van der Waals surface area contributed by atoms with Gasteiger partial charge in [-0.05, 0) is 42.0 Å². The molecule has 192 valence electrons. The Balaban J connectivity index is 1.55. The molecule has 0 fully saturated rings. The first-order valence-electron chi connectivity index (χ1n) is 11.6. The Morgan fingerprint density at radius 2 is 1.46 bits per heavy atom. The molecule has 0 unspecified atom stereocenters. The second kappa shape index (κ2) is 14.7. The number of ether oxygens (including phenoxy) is 3. The third kappa shape index (κ3) is 8.85. The van der Waals surface area contributed by atoms with Crippen LogP contribution in [0.15, 0.2) is 102 Å². The number of carbonyl (C=O) groups is 1. The van der Waals surface area contributed by atoms with E-state index in [-0.39, 0.29) is 19.6 Å². The van der Waals surface area contributed by atoms with Gasteiger partial charge in [0.2, 0.25) is 0 Å².